The zero-order valence-electron chi connectivity index (χ0n) is 13.0. The third-order valence-electron chi connectivity index (χ3n) is 3.53. The van der Waals surface area contributed by atoms with E-state index in [1.165, 1.54) is 0 Å². The number of fused-ring (bicyclic) bond motifs is 1. The van der Waals surface area contributed by atoms with Crippen molar-refractivity contribution in [2.24, 2.45) is 0 Å². The SMILES string of the molecule is Cc1cc(NC(=O)CCCOc2cccc3ccccc23)n[nH]1. The summed E-state index contributed by atoms with van der Waals surface area (Å²) in [5.41, 5.74) is 0.916. The first-order chi connectivity index (χ1) is 11.2. The van der Waals surface area contributed by atoms with E-state index in [1.54, 1.807) is 6.07 Å². The Labute approximate surface area is 134 Å². The van der Waals surface area contributed by atoms with Gasteiger partial charge in [0, 0.05) is 23.6 Å². The highest BCUT2D eigenvalue weighted by Gasteiger charge is 2.06. The highest BCUT2D eigenvalue weighted by atomic mass is 16.5. The average molecular weight is 309 g/mol. The summed E-state index contributed by atoms with van der Waals surface area (Å²) in [5, 5.41) is 11.8. The molecular formula is C18H19N3O2. The van der Waals surface area contributed by atoms with Gasteiger partial charge in [0.05, 0.1) is 6.61 Å². The summed E-state index contributed by atoms with van der Waals surface area (Å²) in [7, 11) is 0. The number of aryl methyl sites for hydroxylation is 1. The number of nitrogens with zero attached hydrogens (tertiary/aromatic N) is 1. The molecule has 0 radical (unpaired) electrons. The van der Waals surface area contributed by atoms with E-state index in [4.69, 9.17) is 4.74 Å². The quantitative estimate of drug-likeness (QED) is 0.683. The van der Waals surface area contributed by atoms with Gasteiger partial charge in [-0.3, -0.25) is 9.89 Å². The van der Waals surface area contributed by atoms with Crippen molar-refractivity contribution in [2.45, 2.75) is 19.8 Å². The molecule has 0 atom stereocenters. The number of nitrogens with one attached hydrogen (secondary N) is 2. The number of H-pyrrole nitrogens is 1. The van der Waals surface area contributed by atoms with Gasteiger partial charge in [-0.25, -0.2) is 0 Å². The maximum Gasteiger partial charge on any atom is 0.225 e. The lowest BCUT2D eigenvalue weighted by atomic mass is 10.1. The number of hydrogen-bond acceptors (Lipinski definition) is 3. The van der Waals surface area contributed by atoms with Crippen LogP contribution in [0.2, 0.25) is 0 Å². The Morgan fingerprint density at radius 2 is 2.04 bits per heavy atom. The number of carbonyl (C=O) groups is 1. The predicted octanol–water partition coefficient (Wildman–Crippen LogP) is 3.67. The van der Waals surface area contributed by atoms with E-state index in [2.05, 4.69) is 27.6 Å². The third kappa shape index (κ3) is 3.88. The van der Waals surface area contributed by atoms with Crippen LogP contribution in [0.25, 0.3) is 10.8 Å². The van der Waals surface area contributed by atoms with E-state index in [9.17, 15) is 4.79 Å². The minimum absolute atomic E-state index is 0.0574. The maximum atomic E-state index is 11.8. The summed E-state index contributed by atoms with van der Waals surface area (Å²) in [6, 6.07) is 15.9. The molecule has 0 aliphatic rings. The smallest absolute Gasteiger partial charge is 0.225 e. The second kappa shape index (κ2) is 6.96. The van der Waals surface area contributed by atoms with Crippen molar-refractivity contribution >= 4 is 22.5 Å². The zero-order chi connectivity index (χ0) is 16.1. The number of amides is 1. The third-order valence-corrected chi connectivity index (χ3v) is 3.53. The molecule has 3 rings (SSSR count). The van der Waals surface area contributed by atoms with Crippen LogP contribution in [0.5, 0.6) is 5.75 Å². The van der Waals surface area contributed by atoms with Crippen LogP contribution in [0.4, 0.5) is 5.82 Å². The van der Waals surface area contributed by atoms with E-state index < -0.39 is 0 Å². The fraction of sp³-hybridized carbons (Fsp3) is 0.222. The number of aromatic amines is 1. The van der Waals surface area contributed by atoms with Crippen LogP contribution in [0.1, 0.15) is 18.5 Å². The largest absolute Gasteiger partial charge is 0.493 e. The highest BCUT2D eigenvalue weighted by Crippen LogP contribution is 2.25. The maximum absolute atomic E-state index is 11.8. The van der Waals surface area contributed by atoms with E-state index in [1.807, 2.05) is 37.3 Å². The molecule has 0 unspecified atom stereocenters. The van der Waals surface area contributed by atoms with Crippen LogP contribution < -0.4 is 10.1 Å². The summed E-state index contributed by atoms with van der Waals surface area (Å²) >= 11 is 0. The Hall–Kier alpha value is -2.82. The summed E-state index contributed by atoms with van der Waals surface area (Å²) in [4.78, 5) is 11.8. The molecular weight excluding hydrogens is 290 g/mol. The lowest BCUT2D eigenvalue weighted by Crippen LogP contribution is -2.13. The first kappa shape index (κ1) is 15.1. The predicted molar refractivity (Wildman–Crippen MR) is 90.6 cm³/mol. The molecule has 23 heavy (non-hydrogen) atoms. The van der Waals surface area contributed by atoms with Crippen molar-refractivity contribution in [1.82, 2.24) is 10.2 Å². The molecule has 0 saturated heterocycles. The van der Waals surface area contributed by atoms with Crippen LogP contribution in [0.15, 0.2) is 48.5 Å². The van der Waals surface area contributed by atoms with Gasteiger partial charge in [0.25, 0.3) is 0 Å². The Morgan fingerprint density at radius 1 is 1.22 bits per heavy atom. The summed E-state index contributed by atoms with van der Waals surface area (Å²) in [6.07, 6.45) is 1.05. The van der Waals surface area contributed by atoms with Gasteiger partial charge >= 0.3 is 0 Å². The minimum atomic E-state index is -0.0574. The van der Waals surface area contributed by atoms with E-state index in [0.29, 0.717) is 25.3 Å². The lowest BCUT2D eigenvalue weighted by molar-refractivity contribution is -0.116. The first-order valence-corrected chi connectivity index (χ1v) is 7.65. The van der Waals surface area contributed by atoms with Gasteiger partial charge in [-0.15, -0.1) is 0 Å². The highest BCUT2D eigenvalue weighted by molar-refractivity contribution is 5.90. The van der Waals surface area contributed by atoms with Crippen molar-refractivity contribution < 1.29 is 9.53 Å². The normalized spacial score (nSPS) is 10.7. The van der Waals surface area contributed by atoms with Gasteiger partial charge in [0.15, 0.2) is 5.82 Å². The lowest BCUT2D eigenvalue weighted by Gasteiger charge is -2.09. The summed E-state index contributed by atoms with van der Waals surface area (Å²) in [6.45, 7) is 2.39. The molecule has 1 amide bonds. The van der Waals surface area contributed by atoms with Crippen LogP contribution in [0, 0.1) is 6.92 Å². The molecule has 1 aromatic heterocycles. The van der Waals surface area contributed by atoms with Gasteiger partial charge in [0.2, 0.25) is 5.91 Å². The molecule has 0 aliphatic heterocycles. The number of hydrogen-bond donors (Lipinski definition) is 2. The molecule has 3 aromatic rings. The molecule has 0 aliphatic carbocycles. The molecule has 2 aromatic carbocycles. The van der Waals surface area contributed by atoms with Gasteiger partial charge in [0.1, 0.15) is 5.75 Å². The summed E-state index contributed by atoms with van der Waals surface area (Å²) in [5.74, 6) is 1.35. The molecule has 2 N–H and O–H groups in total. The van der Waals surface area contributed by atoms with Crippen molar-refractivity contribution in [2.75, 3.05) is 11.9 Å². The minimum Gasteiger partial charge on any atom is -0.493 e. The number of benzene rings is 2. The Morgan fingerprint density at radius 3 is 2.87 bits per heavy atom. The van der Waals surface area contributed by atoms with E-state index in [0.717, 1.165) is 22.2 Å². The molecule has 0 saturated carbocycles. The van der Waals surface area contributed by atoms with Crippen LogP contribution >= 0.6 is 0 Å². The van der Waals surface area contributed by atoms with Crippen molar-refractivity contribution in [3.8, 4) is 5.75 Å². The zero-order valence-corrected chi connectivity index (χ0v) is 13.0. The Kier molecular flexibility index (Phi) is 4.57. The molecule has 1 heterocycles. The second-order valence-corrected chi connectivity index (χ2v) is 5.41. The Balaban J connectivity index is 1.48. The van der Waals surface area contributed by atoms with E-state index in [-0.39, 0.29) is 5.91 Å². The fourth-order valence-electron chi connectivity index (χ4n) is 2.42. The second-order valence-electron chi connectivity index (χ2n) is 5.41. The molecule has 0 spiro atoms. The molecule has 5 nitrogen and oxygen atoms in total. The molecule has 0 fully saturated rings. The van der Waals surface area contributed by atoms with Crippen LogP contribution in [0.3, 0.4) is 0 Å². The van der Waals surface area contributed by atoms with Crippen LogP contribution in [-0.4, -0.2) is 22.7 Å². The molecule has 5 heteroatoms. The number of aromatic nitrogens is 2. The topological polar surface area (TPSA) is 67.0 Å². The summed E-state index contributed by atoms with van der Waals surface area (Å²) < 4.78 is 5.82. The molecule has 118 valence electrons. The van der Waals surface area contributed by atoms with E-state index >= 15 is 0 Å². The standard InChI is InChI=1S/C18H19N3O2/c1-13-12-17(21-20-13)19-18(22)10-5-11-23-16-9-4-7-14-6-2-3-8-15(14)16/h2-4,6-9,12H,5,10-11H2,1H3,(H2,19,20,21,22). The fourth-order valence-corrected chi connectivity index (χ4v) is 2.42. The number of ether oxygens (including phenoxy) is 1. The van der Waals surface area contributed by atoms with Crippen molar-refractivity contribution in [3.63, 3.8) is 0 Å². The average Bonchev–Trinajstić information content (AvgIpc) is 2.96. The van der Waals surface area contributed by atoms with Crippen molar-refractivity contribution in [1.29, 1.82) is 0 Å². The number of carbonyl (C=O) groups excluding carboxylic acids is 1. The van der Waals surface area contributed by atoms with Gasteiger partial charge < -0.3 is 10.1 Å². The van der Waals surface area contributed by atoms with Crippen LogP contribution in [-0.2, 0) is 4.79 Å². The number of rotatable bonds is 6. The van der Waals surface area contributed by atoms with Gasteiger partial charge in [-0.1, -0.05) is 36.4 Å². The Bertz CT molecular complexity index is 805. The van der Waals surface area contributed by atoms with Gasteiger partial charge in [-0.05, 0) is 24.8 Å². The molecule has 0 bridgehead atoms. The van der Waals surface area contributed by atoms with Crippen molar-refractivity contribution in [3.05, 3.63) is 54.2 Å². The van der Waals surface area contributed by atoms with Gasteiger partial charge in [-0.2, -0.15) is 5.10 Å². The monoisotopic (exact) mass is 309 g/mol. The first-order valence-electron chi connectivity index (χ1n) is 7.65. The number of anilines is 1.